The lowest BCUT2D eigenvalue weighted by Crippen LogP contribution is -2.46. The van der Waals surface area contributed by atoms with Gasteiger partial charge in [-0.05, 0) is 61.5 Å². The fourth-order valence-electron chi connectivity index (χ4n) is 3.10. The summed E-state index contributed by atoms with van der Waals surface area (Å²) in [6.07, 6.45) is 0. The second kappa shape index (κ2) is 8.41. The van der Waals surface area contributed by atoms with Gasteiger partial charge in [0, 0.05) is 16.8 Å². The zero-order valence-electron chi connectivity index (χ0n) is 16.4. The average molecular weight is 455 g/mol. The van der Waals surface area contributed by atoms with E-state index in [1.54, 1.807) is 28.9 Å². The van der Waals surface area contributed by atoms with E-state index in [2.05, 4.69) is 5.38 Å². The first kappa shape index (κ1) is 21.7. The second-order valence-corrected chi connectivity index (χ2v) is 10.7. The third-order valence-corrected chi connectivity index (χ3v) is 9.27. The molecule has 29 heavy (non-hydrogen) atoms. The Bertz CT molecular complexity index is 1130. The number of nitrogens with zero attached hydrogens (tertiary/aromatic N) is 1. The summed E-state index contributed by atoms with van der Waals surface area (Å²) in [5.41, 5.74) is 3.72. The molecule has 1 amide bonds. The molecule has 2 heterocycles. The summed E-state index contributed by atoms with van der Waals surface area (Å²) < 4.78 is 34.0. The molecule has 1 atom stereocenters. The number of hydroxylamine groups is 1. The predicted octanol–water partition coefficient (Wildman–Crippen LogP) is 3.67. The van der Waals surface area contributed by atoms with Gasteiger partial charge in [0.2, 0.25) is 10.0 Å². The van der Waals surface area contributed by atoms with E-state index in [0.29, 0.717) is 5.75 Å². The van der Waals surface area contributed by atoms with Crippen LogP contribution in [0.3, 0.4) is 0 Å². The van der Waals surface area contributed by atoms with Gasteiger partial charge in [-0.15, -0.1) is 22.7 Å². The van der Waals surface area contributed by atoms with Crippen LogP contribution in [0.15, 0.2) is 34.5 Å². The Morgan fingerprint density at radius 1 is 1.28 bits per heavy atom. The highest BCUT2D eigenvalue weighted by Crippen LogP contribution is 2.39. The Morgan fingerprint density at radius 3 is 2.48 bits per heavy atom. The molecule has 156 valence electrons. The molecular formula is C19H22N2O5S3. The Kier molecular flexibility index (Phi) is 6.30. The van der Waals surface area contributed by atoms with Crippen LogP contribution in [-0.2, 0) is 21.4 Å². The SMILES string of the molecule is COc1ccc(S(=O)(=O)N(Cc2sc3scc(C)c3c2C)[C@H](C)C(=O)NO)cc1. The predicted molar refractivity (Wildman–Crippen MR) is 114 cm³/mol. The molecule has 0 aliphatic heterocycles. The summed E-state index contributed by atoms with van der Waals surface area (Å²) in [5.74, 6) is -0.268. The number of carbonyl (C=O) groups is 1. The Morgan fingerprint density at radius 2 is 1.93 bits per heavy atom. The summed E-state index contributed by atoms with van der Waals surface area (Å²) in [6.45, 7) is 5.46. The van der Waals surface area contributed by atoms with Gasteiger partial charge in [-0.2, -0.15) is 4.31 Å². The lowest BCUT2D eigenvalue weighted by Gasteiger charge is -2.27. The fourth-order valence-corrected chi connectivity index (χ4v) is 7.32. The Labute approximate surface area is 177 Å². The number of hydrogen-bond donors (Lipinski definition) is 2. The van der Waals surface area contributed by atoms with Crippen LogP contribution in [0.25, 0.3) is 9.40 Å². The summed E-state index contributed by atoms with van der Waals surface area (Å²) in [7, 11) is -2.51. The lowest BCUT2D eigenvalue weighted by molar-refractivity contribution is -0.132. The number of carbonyl (C=O) groups excluding carboxylic acids is 1. The number of benzene rings is 1. The van der Waals surface area contributed by atoms with Crippen molar-refractivity contribution in [1.29, 1.82) is 0 Å². The van der Waals surface area contributed by atoms with Crippen LogP contribution in [0.4, 0.5) is 0 Å². The van der Waals surface area contributed by atoms with Crippen molar-refractivity contribution in [2.45, 2.75) is 38.3 Å². The number of methoxy groups -OCH3 is 1. The number of amides is 1. The van der Waals surface area contributed by atoms with Crippen molar-refractivity contribution >= 4 is 48.0 Å². The Balaban J connectivity index is 2.05. The molecule has 1 aromatic carbocycles. The first-order valence-corrected chi connectivity index (χ1v) is 11.9. The first-order chi connectivity index (χ1) is 13.7. The molecule has 7 nitrogen and oxygen atoms in total. The van der Waals surface area contributed by atoms with Gasteiger partial charge in [-0.3, -0.25) is 10.0 Å². The highest BCUT2D eigenvalue weighted by molar-refractivity contribution is 7.89. The molecule has 2 N–H and O–H groups in total. The minimum absolute atomic E-state index is 0.0281. The molecular weight excluding hydrogens is 432 g/mol. The molecule has 0 unspecified atom stereocenters. The van der Waals surface area contributed by atoms with E-state index in [-0.39, 0.29) is 11.4 Å². The van der Waals surface area contributed by atoms with E-state index in [0.717, 1.165) is 29.7 Å². The van der Waals surface area contributed by atoms with E-state index in [1.165, 1.54) is 37.5 Å². The molecule has 3 aromatic rings. The second-order valence-electron chi connectivity index (χ2n) is 6.61. The van der Waals surface area contributed by atoms with Gasteiger partial charge in [0.05, 0.1) is 16.0 Å². The van der Waals surface area contributed by atoms with Crippen molar-refractivity contribution in [3.05, 3.63) is 45.6 Å². The maximum absolute atomic E-state index is 13.4. The van der Waals surface area contributed by atoms with Gasteiger partial charge in [-0.25, -0.2) is 13.9 Å². The molecule has 0 bridgehead atoms. The van der Waals surface area contributed by atoms with E-state index < -0.39 is 22.0 Å². The lowest BCUT2D eigenvalue weighted by atomic mass is 10.1. The Hall–Kier alpha value is -1.98. The van der Waals surface area contributed by atoms with Gasteiger partial charge in [0.1, 0.15) is 11.8 Å². The molecule has 0 saturated heterocycles. The van der Waals surface area contributed by atoms with Gasteiger partial charge in [0.25, 0.3) is 5.91 Å². The standard InChI is InChI=1S/C19H22N2O5S3/c1-11-10-27-19-17(11)12(2)16(28-19)9-21(13(3)18(22)20-23)29(24,25)15-7-5-14(26-4)6-8-15/h5-8,10,13,23H,9H2,1-4H3,(H,20,22)/t13-/m1/s1. The minimum Gasteiger partial charge on any atom is -0.497 e. The molecule has 0 saturated carbocycles. The van der Waals surface area contributed by atoms with Gasteiger partial charge >= 0.3 is 0 Å². The van der Waals surface area contributed by atoms with Crippen LogP contribution in [-0.4, -0.2) is 37.0 Å². The molecule has 0 aliphatic rings. The normalized spacial score (nSPS) is 13.0. The molecule has 10 heteroatoms. The molecule has 0 radical (unpaired) electrons. The largest absolute Gasteiger partial charge is 0.497 e. The topological polar surface area (TPSA) is 95.9 Å². The monoisotopic (exact) mass is 454 g/mol. The quantitative estimate of drug-likeness (QED) is 0.419. The van der Waals surface area contributed by atoms with Crippen LogP contribution in [0.1, 0.15) is 22.9 Å². The van der Waals surface area contributed by atoms with Crippen LogP contribution in [0.5, 0.6) is 5.75 Å². The molecule has 3 rings (SSSR count). The zero-order valence-corrected chi connectivity index (χ0v) is 18.9. The maximum atomic E-state index is 13.4. The van der Waals surface area contributed by atoms with Crippen molar-refractivity contribution in [2.75, 3.05) is 7.11 Å². The smallest absolute Gasteiger partial charge is 0.261 e. The van der Waals surface area contributed by atoms with E-state index in [1.807, 2.05) is 13.8 Å². The average Bonchev–Trinajstić information content (AvgIpc) is 3.24. The van der Waals surface area contributed by atoms with Crippen molar-refractivity contribution in [2.24, 2.45) is 0 Å². The van der Waals surface area contributed by atoms with Crippen molar-refractivity contribution in [3.63, 3.8) is 0 Å². The van der Waals surface area contributed by atoms with Crippen molar-refractivity contribution < 1.29 is 23.2 Å². The summed E-state index contributed by atoms with van der Waals surface area (Å²) in [6, 6.07) is 4.88. The van der Waals surface area contributed by atoms with Gasteiger partial charge in [-0.1, -0.05) is 0 Å². The van der Waals surface area contributed by atoms with Crippen LogP contribution < -0.4 is 10.2 Å². The number of nitrogens with one attached hydrogen (secondary N) is 1. The third-order valence-electron chi connectivity index (χ3n) is 4.84. The van der Waals surface area contributed by atoms with Gasteiger partial charge in [0.15, 0.2) is 0 Å². The van der Waals surface area contributed by atoms with E-state index in [9.17, 15) is 13.2 Å². The molecule has 0 fully saturated rings. The van der Waals surface area contributed by atoms with E-state index in [4.69, 9.17) is 9.94 Å². The number of sulfonamides is 1. The molecule has 0 aliphatic carbocycles. The summed E-state index contributed by atoms with van der Waals surface area (Å²) in [4.78, 5) is 13.0. The highest BCUT2D eigenvalue weighted by atomic mass is 32.2. The van der Waals surface area contributed by atoms with Gasteiger partial charge < -0.3 is 4.74 Å². The number of ether oxygens (including phenoxy) is 1. The number of thiophene rings is 2. The number of hydrogen-bond acceptors (Lipinski definition) is 7. The minimum atomic E-state index is -4.01. The zero-order chi connectivity index (χ0) is 21.3. The van der Waals surface area contributed by atoms with E-state index >= 15 is 0 Å². The number of fused-ring (bicyclic) bond motifs is 1. The molecule has 2 aromatic heterocycles. The first-order valence-electron chi connectivity index (χ1n) is 8.76. The van der Waals surface area contributed by atoms with Crippen molar-refractivity contribution in [3.8, 4) is 5.75 Å². The number of aryl methyl sites for hydroxylation is 2. The van der Waals surface area contributed by atoms with Crippen LogP contribution >= 0.6 is 22.7 Å². The third kappa shape index (κ3) is 4.03. The highest BCUT2D eigenvalue weighted by Gasteiger charge is 2.34. The van der Waals surface area contributed by atoms with Crippen LogP contribution in [0, 0.1) is 13.8 Å². The number of rotatable bonds is 7. The summed E-state index contributed by atoms with van der Waals surface area (Å²) in [5, 5.41) is 12.3. The summed E-state index contributed by atoms with van der Waals surface area (Å²) >= 11 is 3.15. The van der Waals surface area contributed by atoms with Crippen molar-refractivity contribution in [1.82, 2.24) is 9.79 Å². The maximum Gasteiger partial charge on any atom is 0.261 e. The fraction of sp³-hybridized carbons (Fsp3) is 0.316. The molecule has 0 spiro atoms. The van der Waals surface area contributed by atoms with Crippen LogP contribution in [0.2, 0.25) is 0 Å².